The second-order valence-electron chi connectivity index (χ2n) is 6.37. The smallest absolute Gasteiger partial charge is 0.208 e. The molecule has 0 fully saturated rings. The molecule has 3 N–H and O–H groups in total. The Morgan fingerprint density at radius 1 is 1.12 bits per heavy atom. The van der Waals surface area contributed by atoms with E-state index in [2.05, 4.69) is 65.4 Å². The second-order valence-corrected chi connectivity index (χ2v) is 8.20. The van der Waals surface area contributed by atoms with Crippen LogP contribution in [0.5, 0.6) is 0 Å². The first-order valence-corrected chi connectivity index (χ1v) is 10.1. The lowest BCUT2D eigenvalue weighted by atomic mass is 10.00. The number of hydrogen-bond donors (Lipinski definition) is 3. The minimum absolute atomic E-state index is 0.104. The maximum Gasteiger partial charge on any atom is 0.208 e. The Morgan fingerprint density at radius 2 is 1.75 bits per heavy atom. The van der Waals surface area contributed by atoms with Crippen molar-refractivity contribution in [1.29, 1.82) is 0 Å². The summed E-state index contributed by atoms with van der Waals surface area (Å²) in [5, 5.41) is 6.39. The lowest BCUT2D eigenvalue weighted by Gasteiger charge is -2.19. The molecule has 0 aliphatic carbocycles. The van der Waals surface area contributed by atoms with Gasteiger partial charge in [-0.3, -0.25) is 4.99 Å². The summed E-state index contributed by atoms with van der Waals surface area (Å²) < 4.78 is 24.5. The van der Waals surface area contributed by atoms with Crippen molar-refractivity contribution in [2.75, 3.05) is 26.4 Å². The number of aliphatic imine (C=N–C) groups is 1. The number of rotatable bonds is 8. The molecule has 0 aromatic heterocycles. The molecule has 1 atom stereocenters. The minimum atomic E-state index is -3.16. The third-order valence-corrected chi connectivity index (χ3v) is 4.21. The van der Waals surface area contributed by atoms with Gasteiger partial charge in [0.2, 0.25) is 10.0 Å². The van der Waals surface area contributed by atoms with E-state index in [1.807, 2.05) is 0 Å². The Labute approximate surface area is 146 Å². The largest absolute Gasteiger partial charge is 0.355 e. The summed E-state index contributed by atoms with van der Waals surface area (Å²) in [6, 6.07) is 8.70. The molecule has 0 aliphatic heterocycles. The van der Waals surface area contributed by atoms with Crippen LogP contribution in [0.1, 0.15) is 37.9 Å². The van der Waals surface area contributed by atoms with Gasteiger partial charge in [0.05, 0.1) is 12.3 Å². The molecule has 0 saturated heterocycles. The van der Waals surface area contributed by atoms with Crippen LogP contribution in [0, 0.1) is 5.92 Å². The van der Waals surface area contributed by atoms with Gasteiger partial charge in [0.25, 0.3) is 0 Å². The summed E-state index contributed by atoms with van der Waals surface area (Å²) >= 11 is 0. The van der Waals surface area contributed by atoms with E-state index >= 15 is 0 Å². The van der Waals surface area contributed by atoms with Gasteiger partial charge in [0.1, 0.15) is 0 Å². The van der Waals surface area contributed by atoms with Crippen LogP contribution < -0.4 is 15.4 Å². The normalized spacial score (nSPS) is 13.8. The minimum Gasteiger partial charge on any atom is -0.355 e. The second kappa shape index (κ2) is 9.64. The van der Waals surface area contributed by atoms with E-state index in [0.29, 0.717) is 25.0 Å². The van der Waals surface area contributed by atoms with Gasteiger partial charge in [0, 0.05) is 20.1 Å². The van der Waals surface area contributed by atoms with Crippen molar-refractivity contribution in [3.63, 3.8) is 0 Å². The molecule has 1 aromatic rings. The Kier molecular flexibility index (Phi) is 8.21. The first kappa shape index (κ1) is 20.4. The highest BCUT2D eigenvalue weighted by Crippen LogP contribution is 2.15. The topological polar surface area (TPSA) is 82.6 Å². The fourth-order valence-electron chi connectivity index (χ4n) is 2.31. The van der Waals surface area contributed by atoms with E-state index in [1.165, 1.54) is 11.1 Å². The Bertz CT molecular complexity index is 624. The van der Waals surface area contributed by atoms with Crippen LogP contribution in [0.3, 0.4) is 0 Å². The van der Waals surface area contributed by atoms with Crippen LogP contribution in [0.4, 0.5) is 0 Å². The van der Waals surface area contributed by atoms with E-state index in [9.17, 15) is 8.42 Å². The van der Waals surface area contributed by atoms with Crippen LogP contribution in [-0.2, 0) is 16.4 Å². The molecule has 7 heteroatoms. The maximum absolute atomic E-state index is 11.0. The zero-order chi connectivity index (χ0) is 18.2. The number of nitrogens with zero attached hydrogens (tertiary/aromatic N) is 1. The van der Waals surface area contributed by atoms with Crippen molar-refractivity contribution in [2.45, 2.75) is 33.2 Å². The number of nitrogens with one attached hydrogen (secondary N) is 3. The number of benzene rings is 1. The summed E-state index contributed by atoms with van der Waals surface area (Å²) in [5.41, 5.74) is 2.52. The van der Waals surface area contributed by atoms with E-state index in [0.717, 1.165) is 12.7 Å². The Balaban J connectivity index is 2.50. The molecule has 1 unspecified atom stereocenters. The SMILES string of the molecule is CN=C(NCCNS(C)(=O)=O)NC(C)c1ccc(CC(C)C)cc1. The third-order valence-electron chi connectivity index (χ3n) is 3.48. The zero-order valence-electron chi connectivity index (χ0n) is 15.3. The highest BCUT2D eigenvalue weighted by molar-refractivity contribution is 7.88. The van der Waals surface area contributed by atoms with Gasteiger partial charge in [-0.2, -0.15) is 0 Å². The van der Waals surface area contributed by atoms with E-state index in [4.69, 9.17) is 0 Å². The fraction of sp³-hybridized carbons (Fsp3) is 0.588. The predicted octanol–water partition coefficient (Wildman–Crippen LogP) is 1.66. The number of sulfonamides is 1. The van der Waals surface area contributed by atoms with Gasteiger partial charge in [-0.05, 0) is 30.4 Å². The average Bonchev–Trinajstić information content (AvgIpc) is 2.49. The van der Waals surface area contributed by atoms with Crippen LogP contribution >= 0.6 is 0 Å². The number of hydrogen-bond acceptors (Lipinski definition) is 3. The highest BCUT2D eigenvalue weighted by atomic mass is 32.2. The molecule has 0 bridgehead atoms. The van der Waals surface area contributed by atoms with Gasteiger partial charge < -0.3 is 10.6 Å². The lowest BCUT2D eigenvalue weighted by molar-refractivity contribution is 0.586. The molecule has 1 aromatic carbocycles. The fourth-order valence-corrected chi connectivity index (χ4v) is 2.79. The summed E-state index contributed by atoms with van der Waals surface area (Å²) in [5.74, 6) is 1.29. The third kappa shape index (κ3) is 8.31. The molecule has 0 saturated carbocycles. The number of guanidine groups is 1. The van der Waals surface area contributed by atoms with Crippen LogP contribution in [0.2, 0.25) is 0 Å². The van der Waals surface area contributed by atoms with Gasteiger partial charge >= 0.3 is 0 Å². The molecular weight excluding hydrogens is 324 g/mol. The molecule has 0 spiro atoms. The van der Waals surface area contributed by atoms with E-state index < -0.39 is 10.0 Å². The van der Waals surface area contributed by atoms with Crippen LogP contribution in [-0.4, -0.2) is 40.8 Å². The maximum atomic E-state index is 11.0. The summed E-state index contributed by atoms with van der Waals surface area (Å²) in [6.45, 7) is 7.28. The van der Waals surface area contributed by atoms with E-state index in [-0.39, 0.29) is 6.04 Å². The molecule has 1 rings (SSSR count). The molecule has 24 heavy (non-hydrogen) atoms. The molecular formula is C17H30N4O2S. The molecule has 0 heterocycles. The lowest BCUT2D eigenvalue weighted by Crippen LogP contribution is -2.42. The van der Waals surface area contributed by atoms with Crippen molar-refractivity contribution in [3.8, 4) is 0 Å². The van der Waals surface area contributed by atoms with Gasteiger partial charge in [0.15, 0.2) is 5.96 Å². The van der Waals surface area contributed by atoms with E-state index in [1.54, 1.807) is 7.05 Å². The first-order valence-electron chi connectivity index (χ1n) is 8.22. The molecule has 0 radical (unpaired) electrons. The highest BCUT2D eigenvalue weighted by Gasteiger charge is 2.08. The van der Waals surface area contributed by atoms with Crippen LogP contribution in [0.25, 0.3) is 0 Å². The summed E-state index contributed by atoms with van der Waals surface area (Å²) in [4.78, 5) is 4.16. The quantitative estimate of drug-likeness (QED) is 0.377. The van der Waals surface area contributed by atoms with Crippen molar-refractivity contribution in [2.24, 2.45) is 10.9 Å². The summed E-state index contributed by atoms with van der Waals surface area (Å²) in [6.07, 6.45) is 2.23. The van der Waals surface area contributed by atoms with Gasteiger partial charge in [-0.25, -0.2) is 13.1 Å². The molecule has 0 amide bonds. The standard InChI is InChI=1S/C17H30N4O2S/c1-13(2)12-15-6-8-16(9-7-15)14(3)21-17(18-4)19-10-11-20-24(5,22)23/h6-9,13-14,20H,10-12H2,1-5H3,(H2,18,19,21). The van der Waals surface area contributed by atoms with Gasteiger partial charge in [-0.1, -0.05) is 38.1 Å². The summed E-state index contributed by atoms with van der Waals surface area (Å²) in [7, 11) is -1.47. The van der Waals surface area contributed by atoms with Crippen molar-refractivity contribution in [1.82, 2.24) is 15.4 Å². The van der Waals surface area contributed by atoms with Gasteiger partial charge in [-0.15, -0.1) is 0 Å². The first-order chi connectivity index (χ1) is 11.2. The van der Waals surface area contributed by atoms with Crippen LogP contribution in [0.15, 0.2) is 29.3 Å². The monoisotopic (exact) mass is 354 g/mol. The predicted molar refractivity (Wildman–Crippen MR) is 101 cm³/mol. The van der Waals surface area contributed by atoms with Crippen molar-refractivity contribution in [3.05, 3.63) is 35.4 Å². The molecule has 6 nitrogen and oxygen atoms in total. The molecule has 0 aliphatic rings. The zero-order valence-corrected chi connectivity index (χ0v) is 16.1. The van der Waals surface area contributed by atoms with Crippen molar-refractivity contribution >= 4 is 16.0 Å². The average molecular weight is 355 g/mol. The Hall–Kier alpha value is -1.60. The van der Waals surface area contributed by atoms with Crippen molar-refractivity contribution < 1.29 is 8.42 Å². The Morgan fingerprint density at radius 3 is 2.25 bits per heavy atom. The molecule has 136 valence electrons.